The number of ether oxygens (including phenoxy) is 1. The number of carbonyl (C=O) groups excluding carboxylic acids is 1. The molecule has 3 aromatic heterocycles. The summed E-state index contributed by atoms with van der Waals surface area (Å²) in [5, 5.41) is 8.16. The molecule has 0 radical (unpaired) electrons. The molecule has 3 aromatic rings. The summed E-state index contributed by atoms with van der Waals surface area (Å²) in [5.74, 6) is 0.661. The number of carbonyl (C=O) groups is 1. The molecule has 1 saturated heterocycles. The van der Waals surface area contributed by atoms with Crippen LogP contribution in [0.15, 0.2) is 18.6 Å². The van der Waals surface area contributed by atoms with Gasteiger partial charge in [-0.25, -0.2) is 14.8 Å². The smallest absolute Gasteiger partial charge is 0.410 e. The van der Waals surface area contributed by atoms with E-state index in [2.05, 4.69) is 20.2 Å². The van der Waals surface area contributed by atoms with Gasteiger partial charge in [0.05, 0.1) is 30.5 Å². The van der Waals surface area contributed by atoms with Crippen molar-refractivity contribution in [1.29, 1.82) is 0 Å². The van der Waals surface area contributed by atoms with Gasteiger partial charge in [-0.3, -0.25) is 4.40 Å². The molecule has 1 aliphatic rings. The van der Waals surface area contributed by atoms with Crippen molar-refractivity contribution in [3.8, 4) is 0 Å². The van der Waals surface area contributed by atoms with Crippen molar-refractivity contribution >= 4 is 34.4 Å². The number of pyridine rings is 1. The first kappa shape index (κ1) is 17.3. The average Bonchev–Trinajstić information content (AvgIpc) is 3.06. The van der Waals surface area contributed by atoms with Gasteiger partial charge in [-0.05, 0) is 26.8 Å². The number of fused-ring (bicyclic) bond motifs is 3. The number of nitrogens with two attached hydrogens (primary N) is 1. The maximum Gasteiger partial charge on any atom is 0.410 e. The van der Waals surface area contributed by atoms with E-state index in [4.69, 9.17) is 10.5 Å². The van der Waals surface area contributed by atoms with Crippen molar-refractivity contribution in [1.82, 2.24) is 29.5 Å². The van der Waals surface area contributed by atoms with E-state index in [0.29, 0.717) is 35.9 Å². The fourth-order valence-corrected chi connectivity index (χ4v) is 2.83. The summed E-state index contributed by atoms with van der Waals surface area (Å²) in [7, 11) is 1.74. The first-order chi connectivity index (χ1) is 12.7. The minimum atomic E-state index is -0.330. The molecule has 0 aliphatic carbocycles. The monoisotopic (exact) mass is 370 g/mol. The maximum absolute atomic E-state index is 12.2. The predicted molar refractivity (Wildman–Crippen MR) is 100 cm³/mol. The highest BCUT2D eigenvalue weighted by Crippen LogP contribution is 2.28. The summed E-state index contributed by atoms with van der Waals surface area (Å²) in [4.78, 5) is 24.7. The summed E-state index contributed by atoms with van der Waals surface area (Å²) in [5.41, 5.74) is 8.00. The summed E-state index contributed by atoms with van der Waals surface area (Å²) in [6.45, 7) is 6.96. The van der Waals surface area contributed by atoms with Gasteiger partial charge in [-0.15, -0.1) is 10.2 Å². The van der Waals surface area contributed by atoms with Gasteiger partial charge in [0.2, 0.25) is 5.65 Å². The van der Waals surface area contributed by atoms with Crippen molar-refractivity contribution in [2.75, 3.05) is 30.8 Å². The molecule has 4 rings (SSSR count). The number of anilines is 2. The number of hydrogen-bond donors (Lipinski definition) is 1. The molecule has 0 unspecified atom stereocenters. The fraction of sp³-hybridized carbons (Fsp3) is 0.471. The van der Waals surface area contributed by atoms with Gasteiger partial charge in [-0.2, -0.15) is 0 Å². The number of hydrogen-bond acceptors (Lipinski definition) is 8. The Balaban J connectivity index is 1.54. The maximum atomic E-state index is 12.2. The molecule has 1 fully saturated rings. The van der Waals surface area contributed by atoms with Crippen molar-refractivity contribution in [3.63, 3.8) is 0 Å². The van der Waals surface area contributed by atoms with Crippen LogP contribution in [-0.2, 0) is 4.74 Å². The third-order valence-corrected chi connectivity index (χ3v) is 4.78. The highest BCUT2D eigenvalue weighted by Gasteiger charge is 2.35. The summed E-state index contributed by atoms with van der Waals surface area (Å²) in [6, 6.07) is 1.79. The predicted octanol–water partition coefficient (Wildman–Crippen LogP) is 1.31. The largest absolute Gasteiger partial charge is 0.442 e. The lowest BCUT2D eigenvalue weighted by Crippen LogP contribution is -2.55. The van der Waals surface area contributed by atoms with Crippen molar-refractivity contribution in [2.45, 2.75) is 32.4 Å². The van der Waals surface area contributed by atoms with Gasteiger partial charge in [0.1, 0.15) is 12.4 Å². The molecule has 0 atom stereocenters. The summed E-state index contributed by atoms with van der Waals surface area (Å²) < 4.78 is 7.38. The molecule has 2 N–H and O–H groups in total. The second kappa shape index (κ2) is 5.93. The van der Waals surface area contributed by atoms with E-state index in [-0.39, 0.29) is 17.7 Å². The second-order valence-electron chi connectivity index (χ2n) is 7.71. The Kier molecular flexibility index (Phi) is 3.79. The minimum absolute atomic E-state index is 0.192. The molecule has 1 amide bonds. The molecule has 27 heavy (non-hydrogen) atoms. The lowest BCUT2D eigenvalue weighted by atomic mass is 10.1. The number of amides is 1. The van der Waals surface area contributed by atoms with E-state index < -0.39 is 0 Å². The Bertz CT molecular complexity index is 1020. The summed E-state index contributed by atoms with van der Waals surface area (Å²) >= 11 is 0. The van der Waals surface area contributed by atoms with Crippen LogP contribution < -0.4 is 10.6 Å². The molecule has 1 aliphatic heterocycles. The van der Waals surface area contributed by atoms with Gasteiger partial charge in [0.15, 0.2) is 11.5 Å². The van der Waals surface area contributed by atoms with Crippen LogP contribution in [0.25, 0.3) is 16.8 Å². The van der Waals surface area contributed by atoms with Crippen molar-refractivity contribution < 1.29 is 9.53 Å². The van der Waals surface area contributed by atoms with Crippen LogP contribution in [0.5, 0.6) is 0 Å². The topological polar surface area (TPSA) is 115 Å². The first-order valence-corrected chi connectivity index (χ1v) is 8.68. The van der Waals surface area contributed by atoms with Crippen LogP contribution in [0.1, 0.15) is 20.8 Å². The first-order valence-electron chi connectivity index (χ1n) is 8.68. The Labute approximate surface area is 155 Å². The van der Waals surface area contributed by atoms with Crippen LogP contribution in [0, 0.1) is 0 Å². The Hall–Kier alpha value is -3.17. The lowest BCUT2D eigenvalue weighted by Gasteiger charge is -2.41. The van der Waals surface area contributed by atoms with Gasteiger partial charge in [0, 0.05) is 12.6 Å². The number of aromatic nitrogens is 5. The summed E-state index contributed by atoms with van der Waals surface area (Å²) in [6.07, 6.45) is 2.66. The zero-order valence-electron chi connectivity index (χ0n) is 15.7. The van der Waals surface area contributed by atoms with Crippen molar-refractivity contribution in [2.24, 2.45) is 0 Å². The molecule has 0 bridgehead atoms. The highest BCUT2D eigenvalue weighted by atomic mass is 16.6. The fourth-order valence-electron chi connectivity index (χ4n) is 2.83. The van der Waals surface area contributed by atoms with Crippen LogP contribution in [-0.4, -0.2) is 67.3 Å². The van der Waals surface area contributed by atoms with Crippen LogP contribution >= 0.6 is 0 Å². The Morgan fingerprint density at radius 2 is 2.11 bits per heavy atom. The second-order valence-corrected chi connectivity index (χ2v) is 7.71. The third-order valence-electron chi connectivity index (χ3n) is 4.78. The zero-order valence-corrected chi connectivity index (χ0v) is 15.7. The molecule has 0 aromatic carbocycles. The quantitative estimate of drug-likeness (QED) is 0.718. The van der Waals surface area contributed by atoms with E-state index in [0.717, 1.165) is 5.52 Å². The Morgan fingerprint density at radius 3 is 2.81 bits per heavy atom. The molecule has 0 saturated carbocycles. The number of rotatable bonds is 2. The number of nitrogens with zero attached hydrogens (tertiary/aromatic N) is 7. The minimum Gasteiger partial charge on any atom is -0.442 e. The van der Waals surface area contributed by atoms with E-state index in [9.17, 15) is 4.79 Å². The van der Waals surface area contributed by atoms with E-state index >= 15 is 0 Å². The van der Waals surface area contributed by atoms with Crippen LogP contribution in [0.3, 0.4) is 0 Å². The standard InChI is InChI=1S/C17H22N8O2/c1-17(2,3)23(4)16(26)27-11-7-24(8-11)14-15-22-20-9-25(15)12-5-10(18)6-19-13(12)21-14/h5-6,9,11H,7-8,18H2,1-4H3. The van der Waals surface area contributed by atoms with Gasteiger partial charge in [-0.1, -0.05) is 0 Å². The molecule has 10 nitrogen and oxygen atoms in total. The Morgan fingerprint density at radius 1 is 1.37 bits per heavy atom. The zero-order chi connectivity index (χ0) is 19.3. The van der Waals surface area contributed by atoms with Gasteiger partial charge < -0.3 is 20.3 Å². The van der Waals surface area contributed by atoms with Crippen LogP contribution in [0.4, 0.5) is 16.3 Å². The number of nitrogen functional groups attached to an aromatic ring is 1. The lowest BCUT2D eigenvalue weighted by molar-refractivity contribution is 0.0365. The molecular weight excluding hydrogens is 348 g/mol. The van der Waals surface area contributed by atoms with Gasteiger partial charge in [0.25, 0.3) is 0 Å². The average molecular weight is 370 g/mol. The third kappa shape index (κ3) is 2.96. The highest BCUT2D eigenvalue weighted by molar-refractivity contribution is 5.82. The van der Waals surface area contributed by atoms with Gasteiger partial charge >= 0.3 is 6.09 Å². The normalized spacial score (nSPS) is 15.2. The van der Waals surface area contributed by atoms with Crippen molar-refractivity contribution in [3.05, 3.63) is 18.6 Å². The van der Waals surface area contributed by atoms with E-state index in [1.807, 2.05) is 30.1 Å². The van der Waals surface area contributed by atoms with Crippen LogP contribution in [0.2, 0.25) is 0 Å². The molecular formula is C17H22N8O2. The molecule has 10 heteroatoms. The molecule has 142 valence electrons. The molecule has 4 heterocycles. The van der Waals surface area contributed by atoms with E-state index in [1.165, 1.54) is 0 Å². The SMILES string of the molecule is CN(C(=O)OC1CN(c2nc3ncc(N)cc3n3cnnc23)C1)C(C)(C)C. The molecule has 0 spiro atoms. The van der Waals surface area contributed by atoms with E-state index in [1.54, 1.807) is 30.5 Å².